The second-order valence-electron chi connectivity index (χ2n) is 4.14. The zero-order valence-corrected chi connectivity index (χ0v) is 13.1. The number of halogens is 2. The van der Waals surface area contributed by atoms with Crippen LogP contribution in [0, 0.1) is 17.0 Å². The van der Waals surface area contributed by atoms with Crippen LogP contribution < -0.4 is 5.32 Å². The molecule has 0 radical (unpaired) electrons. The molecule has 0 bridgehead atoms. The first kappa shape index (κ1) is 15.4. The summed E-state index contributed by atoms with van der Waals surface area (Å²) in [6.07, 6.45) is 0. The fraction of sp³-hybridized carbons (Fsp3) is 0.0769. The minimum Gasteiger partial charge on any atom is -0.320 e. The first-order chi connectivity index (χ1) is 9.88. The van der Waals surface area contributed by atoms with Crippen molar-refractivity contribution < 1.29 is 9.72 Å². The van der Waals surface area contributed by atoms with Crippen molar-refractivity contribution in [1.29, 1.82) is 0 Å². The number of amides is 1. The Bertz CT molecular complexity index is 737. The lowest BCUT2D eigenvalue weighted by Crippen LogP contribution is -2.15. The average Bonchev–Trinajstić information content (AvgIpc) is 2.41. The van der Waals surface area contributed by atoms with Crippen LogP contribution in [0.4, 0.5) is 11.4 Å². The Hall–Kier alpha value is -1.99. The van der Waals surface area contributed by atoms with Crippen molar-refractivity contribution in [3.63, 3.8) is 0 Å². The van der Waals surface area contributed by atoms with Crippen molar-refractivity contribution in [2.24, 2.45) is 0 Å². The number of nitrogens with one attached hydrogen (secondary N) is 1. The number of carbonyl (C=O) groups is 1. The van der Waals surface area contributed by atoms with Gasteiger partial charge in [-0.25, -0.2) is 4.98 Å². The Morgan fingerprint density at radius 1 is 1.38 bits per heavy atom. The van der Waals surface area contributed by atoms with Gasteiger partial charge in [-0.1, -0.05) is 11.6 Å². The molecule has 1 aromatic heterocycles. The predicted molar refractivity (Wildman–Crippen MR) is 82.7 cm³/mol. The van der Waals surface area contributed by atoms with E-state index in [0.29, 0.717) is 16.0 Å². The van der Waals surface area contributed by atoms with Crippen molar-refractivity contribution in [1.82, 2.24) is 4.98 Å². The van der Waals surface area contributed by atoms with E-state index in [1.807, 2.05) is 0 Å². The van der Waals surface area contributed by atoms with Gasteiger partial charge in [0.2, 0.25) is 0 Å². The van der Waals surface area contributed by atoms with Crippen molar-refractivity contribution in [3.8, 4) is 0 Å². The zero-order valence-electron chi connectivity index (χ0n) is 10.8. The number of aromatic nitrogens is 1. The molecule has 0 saturated carbocycles. The van der Waals surface area contributed by atoms with Crippen LogP contribution in [0.5, 0.6) is 0 Å². The minimum absolute atomic E-state index is 0.0632. The lowest BCUT2D eigenvalue weighted by molar-refractivity contribution is -0.385. The van der Waals surface area contributed by atoms with E-state index in [9.17, 15) is 14.9 Å². The minimum atomic E-state index is -0.645. The first-order valence-corrected chi connectivity index (χ1v) is 6.94. The number of benzene rings is 1. The molecule has 1 N–H and O–H groups in total. The molecule has 2 aromatic rings. The topological polar surface area (TPSA) is 85.1 Å². The Morgan fingerprint density at radius 2 is 2.10 bits per heavy atom. The highest BCUT2D eigenvalue weighted by atomic mass is 79.9. The summed E-state index contributed by atoms with van der Waals surface area (Å²) < 4.78 is 0.635. The number of nitro groups is 1. The van der Waals surface area contributed by atoms with Crippen LogP contribution in [0.25, 0.3) is 0 Å². The van der Waals surface area contributed by atoms with Crippen LogP contribution in [0.15, 0.2) is 34.9 Å². The molecule has 2 rings (SSSR count). The fourth-order valence-corrected chi connectivity index (χ4v) is 2.26. The van der Waals surface area contributed by atoms with E-state index < -0.39 is 10.8 Å². The number of nitrogens with zero attached hydrogens (tertiary/aromatic N) is 2. The Labute approximate surface area is 133 Å². The lowest BCUT2D eigenvalue weighted by Gasteiger charge is -2.08. The molecule has 0 atom stereocenters. The number of hydrogen-bond acceptors (Lipinski definition) is 4. The molecule has 1 aromatic carbocycles. The van der Waals surface area contributed by atoms with E-state index in [1.54, 1.807) is 19.1 Å². The predicted octanol–water partition coefficient (Wildman–Crippen LogP) is 3.97. The number of nitro benzene ring substituents is 1. The molecular formula is C13H9BrClN3O3. The molecule has 0 aliphatic rings. The van der Waals surface area contributed by atoms with Crippen molar-refractivity contribution in [2.45, 2.75) is 6.92 Å². The molecule has 0 unspecified atom stereocenters. The summed E-state index contributed by atoms with van der Waals surface area (Å²) in [4.78, 5) is 26.7. The number of pyridine rings is 1. The number of rotatable bonds is 3. The van der Waals surface area contributed by atoms with Gasteiger partial charge in [-0.05, 0) is 47.1 Å². The highest BCUT2D eigenvalue weighted by Gasteiger charge is 2.21. The zero-order chi connectivity index (χ0) is 15.6. The van der Waals surface area contributed by atoms with Crippen molar-refractivity contribution in [3.05, 3.63) is 61.3 Å². The average molecular weight is 371 g/mol. The number of anilines is 1. The van der Waals surface area contributed by atoms with Crippen LogP contribution in [0.3, 0.4) is 0 Å². The summed E-state index contributed by atoms with van der Waals surface area (Å²) in [7, 11) is 0. The normalized spacial score (nSPS) is 10.2. The highest BCUT2D eigenvalue weighted by Crippen LogP contribution is 2.25. The van der Waals surface area contributed by atoms with E-state index in [1.165, 1.54) is 12.1 Å². The van der Waals surface area contributed by atoms with E-state index in [2.05, 4.69) is 26.2 Å². The third-order valence-corrected chi connectivity index (χ3v) is 3.38. The maximum Gasteiger partial charge on any atom is 0.283 e. The molecule has 1 amide bonds. The molecular weight excluding hydrogens is 362 g/mol. The van der Waals surface area contributed by atoms with Gasteiger partial charge in [-0.2, -0.15) is 0 Å². The molecule has 0 spiro atoms. The molecule has 0 fully saturated rings. The second kappa shape index (κ2) is 6.19. The third-order valence-electron chi connectivity index (χ3n) is 2.70. The van der Waals surface area contributed by atoms with Gasteiger partial charge in [0.15, 0.2) is 0 Å². The maximum absolute atomic E-state index is 12.2. The van der Waals surface area contributed by atoms with Crippen LogP contribution in [-0.2, 0) is 0 Å². The van der Waals surface area contributed by atoms with Crippen LogP contribution in [0.1, 0.15) is 16.1 Å². The van der Waals surface area contributed by atoms with E-state index >= 15 is 0 Å². The van der Waals surface area contributed by atoms with Crippen molar-refractivity contribution in [2.75, 3.05) is 5.32 Å². The molecule has 108 valence electrons. The highest BCUT2D eigenvalue weighted by molar-refractivity contribution is 9.10. The quantitative estimate of drug-likeness (QED) is 0.503. The summed E-state index contributed by atoms with van der Waals surface area (Å²) in [5.41, 5.74) is 0.663. The number of aryl methyl sites for hydroxylation is 1. The van der Waals surface area contributed by atoms with Gasteiger partial charge in [0.1, 0.15) is 10.2 Å². The molecule has 1 heterocycles. The van der Waals surface area contributed by atoms with Gasteiger partial charge >= 0.3 is 0 Å². The molecule has 6 nitrogen and oxygen atoms in total. The molecule has 0 aliphatic heterocycles. The van der Waals surface area contributed by atoms with E-state index in [-0.39, 0.29) is 16.3 Å². The summed E-state index contributed by atoms with van der Waals surface area (Å²) in [5, 5.41) is 13.8. The number of carbonyl (C=O) groups excluding carboxylic acids is 1. The summed E-state index contributed by atoms with van der Waals surface area (Å²) in [5.74, 6) is -0.592. The van der Waals surface area contributed by atoms with Crippen LogP contribution in [-0.4, -0.2) is 15.8 Å². The van der Waals surface area contributed by atoms with Gasteiger partial charge in [0.25, 0.3) is 11.6 Å². The first-order valence-electron chi connectivity index (χ1n) is 5.77. The fourth-order valence-electron chi connectivity index (χ4n) is 1.70. The van der Waals surface area contributed by atoms with Gasteiger partial charge in [-0.15, -0.1) is 0 Å². The van der Waals surface area contributed by atoms with Gasteiger partial charge in [0.05, 0.1) is 16.3 Å². The van der Waals surface area contributed by atoms with Gasteiger partial charge in [-0.3, -0.25) is 14.9 Å². The second-order valence-corrected chi connectivity index (χ2v) is 5.39. The Balaban J connectivity index is 2.34. The third kappa shape index (κ3) is 3.56. The van der Waals surface area contributed by atoms with Gasteiger partial charge < -0.3 is 5.32 Å². The van der Waals surface area contributed by atoms with Crippen molar-refractivity contribution >= 4 is 44.8 Å². The monoisotopic (exact) mass is 369 g/mol. The van der Waals surface area contributed by atoms with Crippen LogP contribution >= 0.6 is 27.5 Å². The molecule has 8 heteroatoms. The van der Waals surface area contributed by atoms with E-state index in [4.69, 9.17) is 11.6 Å². The summed E-state index contributed by atoms with van der Waals surface area (Å²) in [6, 6.07) is 7.21. The summed E-state index contributed by atoms with van der Waals surface area (Å²) >= 11 is 8.94. The molecule has 21 heavy (non-hydrogen) atoms. The van der Waals surface area contributed by atoms with E-state index in [0.717, 1.165) is 6.07 Å². The largest absolute Gasteiger partial charge is 0.320 e. The summed E-state index contributed by atoms with van der Waals surface area (Å²) in [6.45, 7) is 1.72. The standard InChI is InChI=1S/C13H9BrClN3O3/c1-7-10(4-5-12(14)16-7)17-13(19)9-3-2-8(15)6-11(9)18(20)21/h2-6H,1H3,(H,17,19). The van der Waals surface area contributed by atoms with Crippen LogP contribution in [0.2, 0.25) is 5.02 Å². The Kier molecular flexibility index (Phi) is 4.54. The number of hydrogen-bond donors (Lipinski definition) is 1. The Morgan fingerprint density at radius 3 is 2.71 bits per heavy atom. The smallest absolute Gasteiger partial charge is 0.283 e. The maximum atomic E-state index is 12.2. The van der Waals surface area contributed by atoms with Gasteiger partial charge in [0, 0.05) is 11.1 Å². The SMILES string of the molecule is Cc1nc(Br)ccc1NC(=O)c1ccc(Cl)cc1[N+](=O)[O-]. The molecule has 0 aliphatic carbocycles. The molecule has 0 saturated heterocycles. The lowest BCUT2D eigenvalue weighted by atomic mass is 10.1.